The Labute approximate surface area is 124 Å². The molecule has 0 aliphatic heterocycles. The Hall–Kier alpha value is 0.0249. The van der Waals surface area contributed by atoms with Crippen LogP contribution in [0.1, 0.15) is 85.0 Å². The third-order valence-corrected chi connectivity index (χ3v) is 4.97. The Kier molecular flexibility index (Phi) is 10.8. The summed E-state index contributed by atoms with van der Waals surface area (Å²) in [4.78, 5) is 0. The van der Waals surface area contributed by atoms with E-state index in [-0.39, 0.29) is 8.41 Å². The zero-order valence-electron chi connectivity index (χ0n) is 13.2. The van der Waals surface area contributed by atoms with Crippen molar-refractivity contribution in [1.82, 2.24) is 0 Å². The molecular weight excluding hydrogens is 229 g/mol. The lowest BCUT2D eigenvalue weighted by Gasteiger charge is -2.44. The zero-order chi connectivity index (χ0) is 13.3. The van der Waals surface area contributed by atoms with Crippen LogP contribution < -0.4 is 0 Å². The van der Waals surface area contributed by atoms with Gasteiger partial charge >= 0.3 is 0 Å². The van der Waals surface area contributed by atoms with Gasteiger partial charge < -0.3 is 4.48 Å². The predicted octanol–water partition coefficient (Wildman–Crippen LogP) is 3.96. The average Bonchev–Trinajstić information content (AvgIpc) is 2.93. The van der Waals surface area contributed by atoms with Crippen molar-refractivity contribution >= 4 is 8.41 Å². The second-order valence-corrected chi connectivity index (χ2v) is 6.39. The van der Waals surface area contributed by atoms with Gasteiger partial charge in [0.25, 0.3) is 0 Å². The molecule has 19 heavy (non-hydrogen) atoms. The molecule has 1 saturated carbocycles. The maximum atomic E-state index is 2.35. The van der Waals surface area contributed by atoms with Gasteiger partial charge in [-0.15, -0.1) is 0 Å². The summed E-state index contributed by atoms with van der Waals surface area (Å²) in [6.07, 6.45) is 14.4. The maximum Gasteiger partial charge on any atom is 0.0890 e. The highest BCUT2D eigenvalue weighted by Gasteiger charge is 2.36. The zero-order valence-corrected chi connectivity index (χ0v) is 13.2. The van der Waals surface area contributed by atoms with Gasteiger partial charge in [0.15, 0.2) is 0 Å². The van der Waals surface area contributed by atoms with E-state index in [1.165, 1.54) is 88.3 Å². The largest absolute Gasteiger partial charge is 0.321 e. The summed E-state index contributed by atoms with van der Waals surface area (Å²) in [7, 11) is 0. The molecule has 114 valence electrons. The highest BCUT2D eigenvalue weighted by Crippen LogP contribution is 2.31. The minimum atomic E-state index is 0. The van der Waals surface area contributed by atoms with Crippen LogP contribution in [-0.4, -0.2) is 38.6 Å². The van der Waals surface area contributed by atoms with Gasteiger partial charge in [0.2, 0.25) is 0 Å². The van der Waals surface area contributed by atoms with Crippen LogP contribution in [0.4, 0.5) is 0 Å². The van der Waals surface area contributed by atoms with Crippen LogP contribution in [0.25, 0.3) is 0 Å². The van der Waals surface area contributed by atoms with Crippen molar-refractivity contribution in [3.8, 4) is 0 Å². The Bertz CT molecular complexity index is 178. The maximum absolute atomic E-state index is 2.35. The van der Waals surface area contributed by atoms with Crippen LogP contribution in [0.15, 0.2) is 0 Å². The quantitative estimate of drug-likeness (QED) is 0.415. The van der Waals surface area contributed by atoms with Crippen LogP contribution in [0.5, 0.6) is 0 Å². The highest BCUT2D eigenvalue weighted by atomic mass is 15.4. The number of rotatable bonds is 10. The standard InChI is InChI=1S/C17H36N.BH3/c1-4-7-14-18(15-8-5-2,16-9-6-3)17-12-10-11-13-17;/h17H,4-16H2,1-3H3;1H3/q+1;. The van der Waals surface area contributed by atoms with Crippen molar-refractivity contribution in [1.29, 1.82) is 0 Å². The number of hydrogen-bond donors (Lipinski definition) is 0. The molecule has 0 saturated heterocycles. The van der Waals surface area contributed by atoms with Gasteiger partial charge in [0, 0.05) is 0 Å². The molecule has 0 spiro atoms. The van der Waals surface area contributed by atoms with Crippen LogP contribution in [-0.2, 0) is 0 Å². The molecule has 2 heteroatoms. The van der Waals surface area contributed by atoms with E-state index in [1.54, 1.807) is 0 Å². The summed E-state index contributed by atoms with van der Waals surface area (Å²) in [5.41, 5.74) is 0. The summed E-state index contributed by atoms with van der Waals surface area (Å²) < 4.78 is 1.48. The first-order valence-electron chi connectivity index (χ1n) is 8.64. The Morgan fingerprint density at radius 2 is 1.11 bits per heavy atom. The predicted molar refractivity (Wildman–Crippen MR) is 91.8 cm³/mol. The minimum Gasteiger partial charge on any atom is -0.321 e. The van der Waals surface area contributed by atoms with Crippen LogP contribution in [0, 0.1) is 0 Å². The lowest BCUT2D eigenvalue weighted by molar-refractivity contribution is -0.951. The first-order chi connectivity index (χ1) is 8.79. The average molecular weight is 268 g/mol. The van der Waals surface area contributed by atoms with Crippen LogP contribution in [0.2, 0.25) is 0 Å². The van der Waals surface area contributed by atoms with E-state index in [0.717, 1.165) is 6.04 Å². The summed E-state index contributed by atoms with van der Waals surface area (Å²) in [6.45, 7) is 11.4. The molecule has 0 unspecified atom stereocenters. The fourth-order valence-electron chi connectivity index (χ4n) is 3.75. The molecule has 1 rings (SSSR count). The SMILES string of the molecule is B.CCCC[N+](CCCC)(CCCC)C1CCCC1. The molecule has 0 bridgehead atoms. The number of nitrogens with zero attached hydrogens (tertiary/aromatic N) is 1. The fraction of sp³-hybridized carbons (Fsp3) is 1.00. The third-order valence-electron chi connectivity index (χ3n) is 4.97. The molecule has 1 aliphatic carbocycles. The van der Waals surface area contributed by atoms with E-state index in [1.807, 2.05) is 0 Å². The van der Waals surface area contributed by atoms with Gasteiger partial charge in [-0.25, -0.2) is 0 Å². The van der Waals surface area contributed by atoms with E-state index < -0.39 is 0 Å². The van der Waals surface area contributed by atoms with E-state index in [9.17, 15) is 0 Å². The molecule has 0 aromatic rings. The van der Waals surface area contributed by atoms with E-state index in [4.69, 9.17) is 0 Å². The molecule has 1 fully saturated rings. The van der Waals surface area contributed by atoms with Crippen molar-refractivity contribution in [3.05, 3.63) is 0 Å². The smallest absolute Gasteiger partial charge is 0.0890 e. The third kappa shape index (κ3) is 5.89. The molecule has 0 N–H and O–H groups in total. The van der Waals surface area contributed by atoms with Crippen molar-refractivity contribution in [2.75, 3.05) is 19.6 Å². The first kappa shape index (κ1) is 19.0. The summed E-state index contributed by atoms with van der Waals surface area (Å²) in [5.74, 6) is 0. The Morgan fingerprint density at radius 1 is 0.737 bits per heavy atom. The summed E-state index contributed by atoms with van der Waals surface area (Å²) in [5, 5.41) is 0. The van der Waals surface area contributed by atoms with Crippen molar-refractivity contribution < 1.29 is 4.48 Å². The van der Waals surface area contributed by atoms with Gasteiger partial charge in [-0.1, -0.05) is 40.0 Å². The molecule has 0 atom stereocenters. The van der Waals surface area contributed by atoms with E-state index >= 15 is 0 Å². The van der Waals surface area contributed by atoms with Gasteiger partial charge in [-0.3, -0.25) is 0 Å². The fourth-order valence-corrected chi connectivity index (χ4v) is 3.75. The van der Waals surface area contributed by atoms with Crippen LogP contribution >= 0.6 is 0 Å². The van der Waals surface area contributed by atoms with Gasteiger partial charge in [-0.2, -0.15) is 0 Å². The highest BCUT2D eigenvalue weighted by molar-refractivity contribution is 5.75. The van der Waals surface area contributed by atoms with Gasteiger partial charge in [0.05, 0.1) is 34.1 Å². The number of hydrogen-bond acceptors (Lipinski definition) is 0. The van der Waals surface area contributed by atoms with Gasteiger partial charge in [0.1, 0.15) is 0 Å². The van der Waals surface area contributed by atoms with E-state index in [2.05, 4.69) is 20.8 Å². The molecule has 1 aliphatic rings. The lowest BCUT2D eigenvalue weighted by atomic mass is 10.1. The molecular formula is C17H39BN+. The Morgan fingerprint density at radius 3 is 1.42 bits per heavy atom. The minimum absolute atomic E-state index is 0. The first-order valence-corrected chi connectivity index (χ1v) is 8.64. The summed E-state index contributed by atoms with van der Waals surface area (Å²) >= 11 is 0. The molecule has 0 heterocycles. The number of quaternary nitrogens is 1. The number of unbranched alkanes of at least 4 members (excludes halogenated alkanes) is 3. The second kappa shape index (κ2) is 10.8. The topological polar surface area (TPSA) is 0 Å². The van der Waals surface area contributed by atoms with Crippen molar-refractivity contribution in [2.45, 2.75) is 91.0 Å². The molecule has 0 amide bonds. The molecule has 0 aromatic carbocycles. The molecule has 1 nitrogen and oxygen atoms in total. The molecule has 0 radical (unpaired) electrons. The van der Waals surface area contributed by atoms with Crippen molar-refractivity contribution in [3.63, 3.8) is 0 Å². The molecule has 0 aromatic heterocycles. The van der Waals surface area contributed by atoms with E-state index in [0.29, 0.717) is 0 Å². The summed E-state index contributed by atoms with van der Waals surface area (Å²) in [6, 6.07) is 1.01. The van der Waals surface area contributed by atoms with Crippen LogP contribution in [0.3, 0.4) is 0 Å². The monoisotopic (exact) mass is 268 g/mol. The lowest BCUT2D eigenvalue weighted by Crippen LogP contribution is -2.56. The second-order valence-electron chi connectivity index (χ2n) is 6.39. The Balaban J connectivity index is 0.00000324. The van der Waals surface area contributed by atoms with Gasteiger partial charge in [-0.05, 0) is 44.9 Å². The van der Waals surface area contributed by atoms with Crippen molar-refractivity contribution in [2.24, 2.45) is 0 Å². The normalized spacial score (nSPS) is 16.6.